The summed E-state index contributed by atoms with van der Waals surface area (Å²) in [5.74, 6) is 1.24. The first-order valence-electron chi connectivity index (χ1n) is 12.1. The Kier molecular flexibility index (Phi) is 7.51. The molecule has 36 heavy (non-hydrogen) atoms. The lowest BCUT2D eigenvalue weighted by atomic mass is 10.0. The van der Waals surface area contributed by atoms with Crippen LogP contribution in [0.25, 0.3) is 22.0 Å². The lowest BCUT2D eigenvalue weighted by Gasteiger charge is -2.16. The zero-order valence-electron chi connectivity index (χ0n) is 21.8. The fourth-order valence-electron chi connectivity index (χ4n) is 3.97. The highest BCUT2D eigenvalue weighted by Crippen LogP contribution is 2.34. The normalized spacial score (nSPS) is 11.6. The van der Waals surface area contributed by atoms with Crippen LogP contribution in [0.5, 0.6) is 0 Å². The van der Waals surface area contributed by atoms with Gasteiger partial charge in [0, 0.05) is 63.0 Å². The van der Waals surface area contributed by atoms with Gasteiger partial charge in [-0.25, -0.2) is 15.0 Å². The molecule has 0 saturated heterocycles. The Morgan fingerprint density at radius 2 is 1.81 bits per heavy atom. The van der Waals surface area contributed by atoms with E-state index in [1.165, 1.54) is 0 Å². The summed E-state index contributed by atoms with van der Waals surface area (Å²) in [6.07, 6.45) is 7.39. The van der Waals surface area contributed by atoms with Crippen LogP contribution in [0, 0.1) is 13.8 Å². The zero-order valence-corrected chi connectivity index (χ0v) is 22.8. The van der Waals surface area contributed by atoms with Crippen LogP contribution in [0.3, 0.4) is 0 Å². The third kappa shape index (κ3) is 5.80. The molecular weight excluding hydrogens is 468 g/mol. The van der Waals surface area contributed by atoms with Crippen molar-refractivity contribution in [2.45, 2.75) is 46.3 Å². The summed E-state index contributed by atoms with van der Waals surface area (Å²) in [6.45, 7) is 12.1. The Balaban J connectivity index is 1.70. The summed E-state index contributed by atoms with van der Waals surface area (Å²) in [7, 11) is 0.411. The number of rotatable bonds is 9. The van der Waals surface area contributed by atoms with Crippen molar-refractivity contribution in [3.05, 3.63) is 65.9 Å². The van der Waals surface area contributed by atoms with Crippen LogP contribution in [-0.4, -0.2) is 47.2 Å². The molecule has 0 saturated carbocycles. The van der Waals surface area contributed by atoms with Gasteiger partial charge < -0.3 is 19.9 Å². The molecule has 1 amide bonds. The number of amides is 1. The summed E-state index contributed by atoms with van der Waals surface area (Å²) in [6, 6.07) is 8.97. The molecular formula is C27H34N6O2Si. The summed E-state index contributed by atoms with van der Waals surface area (Å²) >= 11 is 0. The molecule has 0 atom stereocenters. The van der Waals surface area contributed by atoms with Crippen LogP contribution in [0.1, 0.15) is 21.6 Å². The second-order valence-electron chi connectivity index (χ2n) is 10.2. The number of ether oxygens (including phenoxy) is 1. The number of nitrogens with zero attached hydrogens (tertiary/aromatic N) is 4. The average Bonchev–Trinajstić information content (AvgIpc) is 3.21. The number of carbonyl (C=O) groups is 1. The van der Waals surface area contributed by atoms with E-state index in [4.69, 9.17) is 4.74 Å². The number of aromatic nitrogens is 4. The first-order valence-corrected chi connectivity index (χ1v) is 15.8. The van der Waals surface area contributed by atoms with E-state index in [0.29, 0.717) is 19.0 Å². The molecule has 0 unspecified atom stereocenters. The average molecular weight is 503 g/mol. The van der Waals surface area contributed by atoms with E-state index >= 15 is 0 Å². The molecule has 9 heteroatoms. The molecule has 0 spiro atoms. The fourth-order valence-corrected chi connectivity index (χ4v) is 4.73. The molecule has 0 fully saturated rings. The molecule has 0 aliphatic heterocycles. The van der Waals surface area contributed by atoms with Crippen molar-refractivity contribution in [1.29, 1.82) is 0 Å². The van der Waals surface area contributed by atoms with Gasteiger partial charge in [-0.3, -0.25) is 4.79 Å². The number of hydrogen-bond donors (Lipinski definition) is 2. The Bertz CT molecular complexity index is 1380. The number of anilines is 2. The summed E-state index contributed by atoms with van der Waals surface area (Å²) < 4.78 is 8.03. The molecule has 2 N–H and O–H groups in total. The second-order valence-corrected chi connectivity index (χ2v) is 15.8. The molecule has 0 radical (unpaired) electrons. The maximum absolute atomic E-state index is 12.6. The van der Waals surface area contributed by atoms with Crippen molar-refractivity contribution in [1.82, 2.24) is 24.8 Å². The Hall–Kier alpha value is -3.56. The van der Waals surface area contributed by atoms with Crippen molar-refractivity contribution < 1.29 is 9.53 Å². The van der Waals surface area contributed by atoms with Crippen LogP contribution in [0.4, 0.5) is 11.6 Å². The first kappa shape index (κ1) is 25.5. The van der Waals surface area contributed by atoms with E-state index in [1.54, 1.807) is 13.2 Å². The van der Waals surface area contributed by atoms with Gasteiger partial charge in [0.1, 0.15) is 18.4 Å². The highest BCUT2D eigenvalue weighted by molar-refractivity contribution is 6.76. The maximum Gasteiger partial charge on any atom is 0.271 e. The topological polar surface area (TPSA) is 94.0 Å². The molecule has 0 aliphatic carbocycles. The molecule has 4 aromatic rings. The minimum absolute atomic E-state index is 0.228. The van der Waals surface area contributed by atoms with Crippen molar-refractivity contribution in [3.63, 3.8) is 0 Å². The van der Waals surface area contributed by atoms with Crippen LogP contribution < -0.4 is 10.6 Å². The highest BCUT2D eigenvalue weighted by Gasteiger charge is 2.20. The quantitative estimate of drug-likeness (QED) is 0.231. The largest absolute Gasteiger partial charge is 0.361 e. The van der Waals surface area contributed by atoms with Crippen molar-refractivity contribution in [2.24, 2.45) is 0 Å². The monoisotopic (exact) mass is 502 g/mol. The van der Waals surface area contributed by atoms with Gasteiger partial charge in [0.2, 0.25) is 0 Å². The lowest BCUT2D eigenvalue weighted by Crippen LogP contribution is -2.22. The van der Waals surface area contributed by atoms with E-state index in [-0.39, 0.29) is 5.91 Å². The van der Waals surface area contributed by atoms with E-state index < -0.39 is 8.07 Å². The van der Waals surface area contributed by atoms with Crippen LogP contribution in [0.2, 0.25) is 25.7 Å². The van der Waals surface area contributed by atoms with Gasteiger partial charge in [0.25, 0.3) is 5.91 Å². The Morgan fingerprint density at radius 3 is 2.47 bits per heavy atom. The van der Waals surface area contributed by atoms with Gasteiger partial charge in [-0.1, -0.05) is 25.7 Å². The van der Waals surface area contributed by atoms with Gasteiger partial charge in [-0.2, -0.15) is 0 Å². The Morgan fingerprint density at radius 1 is 1.03 bits per heavy atom. The highest BCUT2D eigenvalue weighted by atomic mass is 28.3. The lowest BCUT2D eigenvalue weighted by molar-refractivity contribution is 0.0895. The van der Waals surface area contributed by atoms with Crippen LogP contribution in [0.15, 0.2) is 49.1 Å². The molecule has 4 rings (SSSR count). The van der Waals surface area contributed by atoms with Crippen molar-refractivity contribution in [2.75, 3.05) is 19.0 Å². The van der Waals surface area contributed by atoms with Gasteiger partial charge in [0.15, 0.2) is 5.69 Å². The number of aryl methyl sites for hydroxylation is 2. The Labute approximate surface area is 213 Å². The summed E-state index contributed by atoms with van der Waals surface area (Å²) in [4.78, 5) is 26.1. The predicted octanol–water partition coefficient (Wildman–Crippen LogP) is 5.53. The predicted molar refractivity (Wildman–Crippen MR) is 147 cm³/mol. The standard InChI is InChI=1S/C27H34N6O2Si/c1-18-7-8-23(30-14-18)32-24-13-19(2)21(15-31-24)22-16-33(17-35-11-12-36(4,5)6)26-20(22)9-10-29-25(26)27(34)28-3/h7-10,13-16H,11-12,17H2,1-6H3,(H,28,34)(H,30,31,32). The SMILES string of the molecule is CNC(=O)c1nccc2c(-c3cnc(Nc4ccc(C)cn4)cc3C)cn(COCC[Si](C)(C)C)c12. The zero-order chi connectivity index (χ0) is 25.9. The molecule has 4 aromatic heterocycles. The van der Waals surface area contributed by atoms with Gasteiger partial charge in [0.05, 0.1) is 5.52 Å². The van der Waals surface area contributed by atoms with Gasteiger partial charge in [-0.05, 0) is 49.2 Å². The van der Waals surface area contributed by atoms with E-state index in [9.17, 15) is 4.79 Å². The van der Waals surface area contributed by atoms with E-state index in [2.05, 4.69) is 52.2 Å². The number of hydrogen-bond acceptors (Lipinski definition) is 6. The molecule has 0 aliphatic rings. The van der Waals surface area contributed by atoms with Crippen LogP contribution in [-0.2, 0) is 11.5 Å². The molecule has 8 nitrogen and oxygen atoms in total. The third-order valence-corrected chi connectivity index (χ3v) is 7.73. The molecule has 0 bridgehead atoms. The van der Waals surface area contributed by atoms with Crippen molar-refractivity contribution in [3.8, 4) is 11.1 Å². The maximum atomic E-state index is 12.6. The number of nitrogens with one attached hydrogen (secondary N) is 2. The first-order chi connectivity index (χ1) is 17.2. The van der Waals surface area contributed by atoms with Crippen LogP contribution >= 0.6 is 0 Å². The van der Waals surface area contributed by atoms with Gasteiger partial charge >= 0.3 is 0 Å². The number of carbonyl (C=O) groups excluding carboxylic acids is 1. The van der Waals surface area contributed by atoms with Crippen molar-refractivity contribution >= 4 is 36.5 Å². The minimum atomic E-state index is -1.20. The number of pyridine rings is 3. The number of fused-ring (bicyclic) bond motifs is 1. The minimum Gasteiger partial charge on any atom is -0.361 e. The van der Waals surface area contributed by atoms with E-state index in [1.807, 2.05) is 54.3 Å². The third-order valence-electron chi connectivity index (χ3n) is 6.02. The fraction of sp³-hybridized carbons (Fsp3) is 0.333. The second kappa shape index (κ2) is 10.6. The smallest absolute Gasteiger partial charge is 0.271 e. The molecule has 4 heterocycles. The molecule has 188 valence electrons. The summed E-state index contributed by atoms with van der Waals surface area (Å²) in [5, 5.41) is 6.90. The van der Waals surface area contributed by atoms with E-state index in [0.717, 1.165) is 50.8 Å². The van der Waals surface area contributed by atoms with Gasteiger partial charge in [-0.15, -0.1) is 0 Å². The molecule has 0 aromatic carbocycles. The summed E-state index contributed by atoms with van der Waals surface area (Å²) in [5.41, 5.74) is 5.26.